The molecule has 2 aromatic carbocycles. The summed E-state index contributed by atoms with van der Waals surface area (Å²) in [6, 6.07) is 8.51. The highest BCUT2D eigenvalue weighted by Crippen LogP contribution is 2.37. The lowest BCUT2D eigenvalue weighted by Gasteiger charge is -2.07. The summed E-state index contributed by atoms with van der Waals surface area (Å²) in [5.74, 6) is -2.53. The Bertz CT molecular complexity index is 804. The number of benzene rings is 2. The molecule has 0 spiro atoms. The van der Waals surface area contributed by atoms with Crippen molar-refractivity contribution in [1.29, 1.82) is 0 Å². The summed E-state index contributed by atoms with van der Waals surface area (Å²) in [4.78, 5) is 11.2. The first-order chi connectivity index (χ1) is 9.59. The minimum Gasteiger partial charge on any atom is -0.478 e. The van der Waals surface area contributed by atoms with Crippen molar-refractivity contribution in [3.8, 4) is 11.1 Å². The van der Waals surface area contributed by atoms with Crippen molar-refractivity contribution < 1.29 is 18.7 Å². The maximum atomic E-state index is 13.9. The maximum Gasteiger partial charge on any atom is 0.337 e. The lowest BCUT2D eigenvalue weighted by Crippen LogP contribution is -1.96. The number of carboxylic acids is 1. The van der Waals surface area contributed by atoms with Crippen molar-refractivity contribution in [3.05, 3.63) is 59.0 Å². The second kappa shape index (κ2) is 4.68. The van der Waals surface area contributed by atoms with Gasteiger partial charge in [0, 0.05) is 15.5 Å². The molecule has 20 heavy (non-hydrogen) atoms. The first kappa shape index (κ1) is 12.7. The first-order valence-electron chi connectivity index (χ1n) is 5.77. The Kier molecular flexibility index (Phi) is 2.99. The van der Waals surface area contributed by atoms with Crippen molar-refractivity contribution in [2.45, 2.75) is 0 Å². The number of carbonyl (C=O) groups is 1. The Morgan fingerprint density at radius 3 is 2.35 bits per heavy atom. The Labute approximate surface area is 116 Å². The third-order valence-corrected chi connectivity index (χ3v) is 4.01. The summed E-state index contributed by atoms with van der Waals surface area (Å²) in [5, 5.41) is 11.1. The third-order valence-electron chi connectivity index (χ3n) is 3.06. The molecule has 0 saturated carbocycles. The van der Waals surface area contributed by atoms with Crippen molar-refractivity contribution in [3.63, 3.8) is 0 Å². The van der Waals surface area contributed by atoms with Gasteiger partial charge in [-0.05, 0) is 23.8 Å². The molecule has 3 rings (SSSR count). The van der Waals surface area contributed by atoms with Gasteiger partial charge >= 0.3 is 5.97 Å². The number of aromatic carboxylic acids is 1. The van der Waals surface area contributed by atoms with Crippen LogP contribution in [0.15, 0.2) is 41.8 Å². The lowest BCUT2D eigenvalue weighted by atomic mass is 9.98. The Hall–Kier alpha value is -2.27. The van der Waals surface area contributed by atoms with E-state index >= 15 is 0 Å². The van der Waals surface area contributed by atoms with E-state index in [1.807, 2.05) is 0 Å². The predicted octanol–water partition coefficient (Wildman–Crippen LogP) is 4.54. The molecular formula is C15H8F2O2S. The van der Waals surface area contributed by atoms with Crippen molar-refractivity contribution in [1.82, 2.24) is 0 Å². The monoisotopic (exact) mass is 290 g/mol. The van der Waals surface area contributed by atoms with Crippen LogP contribution in [-0.2, 0) is 0 Å². The van der Waals surface area contributed by atoms with Crippen LogP contribution >= 0.6 is 11.3 Å². The molecule has 0 aliphatic heterocycles. The molecule has 0 bridgehead atoms. The highest BCUT2D eigenvalue weighted by molar-refractivity contribution is 7.17. The number of thiophene rings is 1. The fourth-order valence-corrected chi connectivity index (χ4v) is 3.17. The molecule has 3 aromatic rings. The van der Waals surface area contributed by atoms with E-state index in [1.54, 1.807) is 12.1 Å². The molecule has 0 unspecified atom stereocenters. The highest BCUT2D eigenvalue weighted by atomic mass is 32.1. The van der Waals surface area contributed by atoms with Gasteiger partial charge in [-0.3, -0.25) is 0 Å². The zero-order valence-corrected chi connectivity index (χ0v) is 10.9. The van der Waals surface area contributed by atoms with Crippen LogP contribution < -0.4 is 0 Å². The maximum absolute atomic E-state index is 13.9. The van der Waals surface area contributed by atoms with Gasteiger partial charge in [-0.2, -0.15) is 0 Å². The molecule has 100 valence electrons. The fourth-order valence-electron chi connectivity index (χ4n) is 2.21. The average molecular weight is 290 g/mol. The van der Waals surface area contributed by atoms with Crippen LogP contribution in [0.5, 0.6) is 0 Å². The Balaban J connectivity index is 2.42. The molecule has 0 radical (unpaired) electrons. The van der Waals surface area contributed by atoms with Gasteiger partial charge in [-0.25, -0.2) is 13.6 Å². The molecule has 0 aliphatic carbocycles. The van der Waals surface area contributed by atoms with Gasteiger partial charge in [0.2, 0.25) is 0 Å². The minimum absolute atomic E-state index is 0.0586. The summed E-state index contributed by atoms with van der Waals surface area (Å²) in [6.45, 7) is 0. The molecule has 0 saturated heterocycles. The third kappa shape index (κ3) is 1.87. The number of rotatable bonds is 2. The van der Waals surface area contributed by atoms with Crippen molar-refractivity contribution in [2.75, 3.05) is 0 Å². The molecule has 1 heterocycles. The van der Waals surface area contributed by atoms with Gasteiger partial charge in [0.05, 0.1) is 11.1 Å². The standard InChI is InChI=1S/C15H8F2O2S/c16-10-4-2-5-11(17)14(10)8-3-1-6-12-13(8)9(7-20-12)15(18)19/h1-7H,(H,18,19). The summed E-state index contributed by atoms with van der Waals surface area (Å²) in [6.07, 6.45) is 0. The van der Waals surface area contributed by atoms with Gasteiger partial charge < -0.3 is 5.11 Å². The van der Waals surface area contributed by atoms with Gasteiger partial charge in [0.25, 0.3) is 0 Å². The lowest BCUT2D eigenvalue weighted by molar-refractivity contribution is 0.0699. The first-order valence-corrected chi connectivity index (χ1v) is 6.65. The number of hydrogen-bond donors (Lipinski definition) is 1. The zero-order chi connectivity index (χ0) is 14.3. The van der Waals surface area contributed by atoms with E-state index in [9.17, 15) is 18.7 Å². The van der Waals surface area contributed by atoms with Crippen LogP contribution in [-0.4, -0.2) is 11.1 Å². The van der Waals surface area contributed by atoms with E-state index < -0.39 is 17.6 Å². The largest absolute Gasteiger partial charge is 0.478 e. The SMILES string of the molecule is O=C(O)c1csc2cccc(-c3c(F)cccc3F)c12. The summed E-state index contributed by atoms with van der Waals surface area (Å²) in [7, 11) is 0. The zero-order valence-electron chi connectivity index (χ0n) is 10.1. The van der Waals surface area contributed by atoms with E-state index in [-0.39, 0.29) is 16.7 Å². The fraction of sp³-hybridized carbons (Fsp3) is 0. The molecule has 0 aliphatic rings. The molecule has 0 amide bonds. The van der Waals surface area contributed by atoms with Crippen LogP contribution in [0.2, 0.25) is 0 Å². The van der Waals surface area contributed by atoms with Crippen LogP contribution in [0.25, 0.3) is 21.2 Å². The van der Waals surface area contributed by atoms with E-state index in [2.05, 4.69) is 0 Å². The topological polar surface area (TPSA) is 37.3 Å². The normalized spacial score (nSPS) is 10.9. The quantitative estimate of drug-likeness (QED) is 0.752. The second-order valence-electron chi connectivity index (χ2n) is 4.23. The van der Waals surface area contributed by atoms with Gasteiger partial charge in [0.1, 0.15) is 11.6 Å². The van der Waals surface area contributed by atoms with Gasteiger partial charge in [-0.15, -0.1) is 11.3 Å². The average Bonchev–Trinajstić information content (AvgIpc) is 2.83. The van der Waals surface area contributed by atoms with E-state index in [4.69, 9.17) is 0 Å². The molecule has 2 nitrogen and oxygen atoms in total. The van der Waals surface area contributed by atoms with Crippen LogP contribution in [0.3, 0.4) is 0 Å². The second-order valence-corrected chi connectivity index (χ2v) is 5.14. The van der Waals surface area contributed by atoms with Gasteiger partial charge in [-0.1, -0.05) is 18.2 Å². The van der Waals surface area contributed by atoms with Gasteiger partial charge in [0.15, 0.2) is 0 Å². The molecule has 0 atom stereocenters. The molecule has 1 N–H and O–H groups in total. The van der Waals surface area contributed by atoms with Crippen LogP contribution in [0.1, 0.15) is 10.4 Å². The predicted molar refractivity (Wildman–Crippen MR) is 74.1 cm³/mol. The Morgan fingerprint density at radius 1 is 1.05 bits per heavy atom. The minimum atomic E-state index is -1.11. The molecule has 1 aromatic heterocycles. The summed E-state index contributed by atoms with van der Waals surface area (Å²) in [5.41, 5.74) is 0.124. The highest BCUT2D eigenvalue weighted by Gasteiger charge is 2.19. The van der Waals surface area contributed by atoms with Crippen molar-refractivity contribution in [2.24, 2.45) is 0 Å². The Morgan fingerprint density at radius 2 is 1.70 bits per heavy atom. The molecule has 5 heteroatoms. The van der Waals surface area contributed by atoms with Crippen LogP contribution in [0, 0.1) is 11.6 Å². The number of hydrogen-bond acceptors (Lipinski definition) is 2. The smallest absolute Gasteiger partial charge is 0.337 e. The number of fused-ring (bicyclic) bond motifs is 1. The number of carboxylic acid groups (broad SMARTS) is 1. The molecular weight excluding hydrogens is 282 g/mol. The summed E-state index contributed by atoms with van der Waals surface area (Å²) >= 11 is 1.24. The van der Waals surface area contributed by atoms with Crippen LogP contribution in [0.4, 0.5) is 8.78 Å². The van der Waals surface area contributed by atoms with E-state index in [0.29, 0.717) is 10.1 Å². The van der Waals surface area contributed by atoms with Crippen molar-refractivity contribution >= 4 is 27.4 Å². The number of halogens is 2. The summed E-state index contributed by atoms with van der Waals surface area (Å²) < 4.78 is 28.5. The molecule has 0 fully saturated rings. The van der Waals surface area contributed by atoms with E-state index in [1.165, 1.54) is 28.8 Å². The van der Waals surface area contributed by atoms with E-state index in [0.717, 1.165) is 12.1 Å².